The van der Waals surface area contributed by atoms with Gasteiger partial charge in [0, 0.05) is 38.4 Å². The Bertz CT molecular complexity index is 998. The zero-order valence-electron chi connectivity index (χ0n) is 17.1. The highest BCUT2D eigenvalue weighted by Gasteiger charge is 2.12. The van der Waals surface area contributed by atoms with Gasteiger partial charge in [0.25, 0.3) is 0 Å². The first-order valence-electron chi connectivity index (χ1n) is 9.38. The van der Waals surface area contributed by atoms with E-state index in [4.69, 9.17) is 20.9 Å². The van der Waals surface area contributed by atoms with E-state index in [0.29, 0.717) is 25.4 Å². The zero-order chi connectivity index (χ0) is 22.1. The summed E-state index contributed by atoms with van der Waals surface area (Å²) in [7, 11) is -1.64. The number of aliphatic imine (C=N–C) groups is 1. The SMILES string of the molecule is COCCCOc1cc(CCC(=O)N=C(N)N)ccc1-c1ccc(S(C)(=O)=O)cc1. The summed E-state index contributed by atoms with van der Waals surface area (Å²) in [5, 5.41) is 0. The van der Waals surface area contributed by atoms with Crippen LogP contribution in [0.15, 0.2) is 52.4 Å². The molecule has 30 heavy (non-hydrogen) atoms. The molecule has 8 nitrogen and oxygen atoms in total. The Morgan fingerprint density at radius 3 is 2.37 bits per heavy atom. The highest BCUT2D eigenvalue weighted by atomic mass is 32.2. The Kier molecular flexibility index (Phi) is 8.37. The van der Waals surface area contributed by atoms with E-state index in [1.54, 1.807) is 31.4 Å². The van der Waals surface area contributed by atoms with Crippen LogP contribution in [0.1, 0.15) is 18.4 Å². The summed E-state index contributed by atoms with van der Waals surface area (Å²) in [6.45, 7) is 1.03. The van der Waals surface area contributed by atoms with Crippen molar-refractivity contribution in [2.24, 2.45) is 16.5 Å². The van der Waals surface area contributed by atoms with Crippen LogP contribution in [-0.4, -0.2) is 46.9 Å². The predicted molar refractivity (Wildman–Crippen MR) is 116 cm³/mol. The maximum atomic E-state index is 11.7. The van der Waals surface area contributed by atoms with Crippen molar-refractivity contribution in [2.75, 3.05) is 26.6 Å². The first kappa shape index (κ1) is 23.4. The summed E-state index contributed by atoms with van der Waals surface area (Å²) in [5.41, 5.74) is 13.0. The number of ether oxygens (including phenoxy) is 2. The number of guanidine groups is 1. The van der Waals surface area contributed by atoms with Crippen LogP contribution in [0.5, 0.6) is 5.75 Å². The van der Waals surface area contributed by atoms with E-state index in [0.717, 1.165) is 23.1 Å². The third-order valence-electron chi connectivity index (χ3n) is 4.27. The lowest BCUT2D eigenvalue weighted by Gasteiger charge is -2.14. The number of sulfone groups is 1. The number of carbonyl (C=O) groups excluding carboxylic acids is 1. The molecule has 0 atom stereocenters. The van der Waals surface area contributed by atoms with Gasteiger partial charge in [-0.1, -0.05) is 24.3 Å². The molecule has 0 aliphatic heterocycles. The van der Waals surface area contributed by atoms with E-state index in [1.165, 1.54) is 6.26 Å². The minimum absolute atomic E-state index is 0.170. The number of aryl methyl sites for hydroxylation is 1. The number of carbonyl (C=O) groups is 1. The Morgan fingerprint density at radius 2 is 1.77 bits per heavy atom. The first-order valence-corrected chi connectivity index (χ1v) is 11.3. The van der Waals surface area contributed by atoms with Crippen molar-refractivity contribution in [3.8, 4) is 16.9 Å². The molecular formula is C21H27N3O5S. The first-order chi connectivity index (χ1) is 14.2. The van der Waals surface area contributed by atoms with Crippen LogP contribution < -0.4 is 16.2 Å². The summed E-state index contributed by atoms with van der Waals surface area (Å²) >= 11 is 0. The second kappa shape index (κ2) is 10.7. The van der Waals surface area contributed by atoms with Crippen molar-refractivity contribution >= 4 is 21.7 Å². The number of methoxy groups -OCH3 is 1. The molecule has 0 aromatic heterocycles. The van der Waals surface area contributed by atoms with Crippen molar-refractivity contribution in [1.82, 2.24) is 0 Å². The largest absolute Gasteiger partial charge is 0.493 e. The topological polar surface area (TPSA) is 134 Å². The van der Waals surface area contributed by atoms with E-state index in [2.05, 4.69) is 4.99 Å². The number of amides is 1. The number of rotatable bonds is 10. The molecule has 0 saturated carbocycles. The number of hydrogen-bond acceptors (Lipinski definition) is 5. The molecule has 0 heterocycles. The Hall–Kier alpha value is -2.91. The van der Waals surface area contributed by atoms with Gasteiger partial charge in [0.15, 0.2) is 15.8 Å². The molecule has 1 amide bonds. The van der Waals surface area contributed by atoms with Crippen LogP contribution in [0.3, 0.4) is 0 Å². The average Bonchev–Trinajstić information content (AvgIpc) is 2.69. The Balaban J connectivity index is 2.27. The summed E-state index contributed by atoms with van der Waals surface area (Å²) < 4.78 is 34.4. The van der Waals surface area contributed by atoms with E-state index in [9.17, 15) is 13.2 Å². The van der Waals surface area contributed by atoms with Crippen molar-refractivity contribution in [2.45, 2.75) is 24.2 Å². The van der Waals surface area contributed by atoms with Crippen LogP contribution in [0.25, 0.3) is 11.1 Å². The fourth-order valence-corrected chi connectivity index (χ4v) is 3.43. The standard InChI is InChI=1S/C21H27N3O5S/c1-28-12-3-13-29-19-14-15(5-11-20(25)24-21(22)23)4-10-18(19)16-6-8-17(9-7-16)30(2,26)27/h4,6-10,14H,3,5,11-13H2,1-2H3,(H4,22,23,24,25). The van der Waals surface area contributed by atoms with Gasteiger partial charge in [0.05, 0.1) is 11.5 Å². The average molecular weight is 434 g/mol. The second-order valence-corrected chi connectivity index (χ2v) is 8.77. The van der Waals surface area contributed by atoms with Crippen LogP contribution in [0.4, 0.5) is 0 Å². The fraction of sp³-hybridized carbons (Fsp3) is 0.333. The summed E-state index contributed by atoms with van der Waals surface area (Å²) in [6, 6.07) is 12.3. The normalized spacial score (nSPS) is 11.1. The fourth-order valence-electron chi connectivity index (χ4n) is 2.80. The van der Waals surface area contributed by atoms with Crippen molar-refractivity contribution < 1.29 is 22.7 Å². The van der Waals surface area contributed by atoms with Gasteiger partial charge in [0.1, 0.15) is 5.75 Å². The maximum Gasteiger partial charge on any atom is 0.249 e. The van der Waals surface area contributed by atoms with Gasteiger partial charge >= 0.3 is 0 Å². The van der Waals surface area contributed by atoms with Crippen LogP contribution >= 0.6 is 0 Å². The minimum atomic E-state index is -3.27. The molecule has 0 bridgehead atoms. The van der Waals surface area contributed by atoms with Gasteiger partial charge in [-0.2, -0.15) is 4.99 Å². The predicted octanol–water partition coefficient (Wildman–Crippen LogP) is 1.91. The van der Waals surface area contributed by atoms with E-state index < -0.39 is 15.7 Å². The summed E-state index contributed by atoms with van der Waals surface area (Å²) in [4.78, 5) is 15.5. The zero-order valence-corrected chi connectivity index (χ0v) is 17.9. The quantitative estimate of drug-likeness (QED) is 0.332. The van der Waals surface area contributed by atoms with Crippen molar-refractivity contribution in [3.05, 3.63) is 48.0 Å². The molecule has 0 saturated heterocycles. The van der Waals surface area contributed by atoms with Crippen LogP contribution in [0.2, 0.25) is 0 Å². The molecule has 162 valence electrons. The van der Waals surface area contributed by atoms with Crippen molar-refractivity contribution in [1.29, 1.82) is 0 Å². The van der Waals surface area contributed by atoms with Gasteiger partial charge in [-0.3, -0.25) is 4.79 Å². The second-order valence-electron chi connectivity index (χ2n) is 6.75. The van der Waals surface area contributed by atoms with Gasteiger partial charge in [-0.25, -0.2) is 8.42 Å². The lowest BCUT2D eigenvalue weighted by molar-refractivity contribution is -0.117. The molecule has 0 fully saturated rings. The van der Waals surface area contributed by atoms with Crippen molar-refractivity contribution in [3.63, 3.8) is 0 Å². The molecule has 0 radical (unpaired) electrons. The van der Waals surface area contributed by atoms with Gasteiger partial charge in [-0.05, 0) is 35.7 Å². The monoisotopic (exact) mass is 433 g/mol. The van der Waals surface area contributed by atoms with Gasteiger partial charge in [0.2, 0.25) is 5.91 Å². The lowest BCUT2D eigenvalue weighted by Crippen LogP contribution is -2.24. The van der Waals surface area contributed by atoms with Gasteiger partial charge in [-0.15, -0.1) is 0 Å². The summed E-state index contributed by atoms with van der Waals surface area (Å²) in [6.07, 6.45) is 2.52. The lowest BCUT2D eigenvalue weighted by atomic mass is 10.0. The molecule has 0 unspecified atom stereocenters. The van der Waals surface area contributed by atoms with E-state index in [-0.39, 0.29) is 17.3 Å². The molecule has 2 aromatic rings. The number of hydrogen-bond donors (Lipinski definition) is 2. The van der Waals surface area contributed by atoms with Gasteiger partial charge < -0.3 is 20.9 Å². The number of nitrogens with zero attached hydrogens (tertiary/aromatic N) is 1. The van der Waals surface area contributed by atoms with E-state index in [1.807, 2.05) is 18.2 Å². The molecule has 0 spiro atoms. The Labute approximate surface area is 176 Å². The smallest absolute Gasteiger partial charge is 0.249 e. The number of benzene rings is 2. The minimum Gasteiger partial charge on any atom is -0.493 e. The maximum absolute atomic E-state index is 11.7. The third kappa shape index (κ3) is 7.16. The third-order valence-corrected chi connectivity index (χ3v) is 5.40. The molecule has 4 N–H and O–H groups in total. The summed E-state index contributed by atoms with van der Waals surface area (Å²) in [5.74, 6) is -0.00180. The molecule has 2 aromatic carbocycles. The van der Waals surface area contributed by atoms with Crippen LogP contribution in [0, 0.1) is 0 Å². The highest BCUT2D eigenvalue weighted by molar-refractivity contribution is 7.90. The Morgan fingerprint density at radius 1 is 1.07 bits per heavy atom. The molecule has 9 heteroatoms. The molecule has 2 rings (SSSR count). The molecule has 0 aliphatic carbocycles. The molecule has 0 aliphatic rings. The van der Waals surface area contributed by atoms with Crippen LogP contribution in [-0.2, 0) is 25.8 Å². The molecular weight excluding hydrogens is 406 g/mol. The van der Waals surface area contributed by atoms with E-state index >= 15 is 0 Å². The number of nitrogens with two attached hydrogens (primary N) is 2. The highest BCUT2D eigenvalue weighted by Crippen LogP contribution is 2.32.